The minimum atomic E-state index is -0.760. The molecule has 34 heavy (non-hydrogen) atoms. The van der Waals surface area contributed by atoms with Crippen molar-refractivity contribution in [3.05, 3.63) is 41.0 Å². The average molecular weight is 485 g/mol. The number of amides is 3. The molecule has 2 aliphatic rings. The van der Waals surface area contributed by atoms with Gasteiger partial charge in [0, 0.05) is 32.5 Å². The summed E-state index contributed by atoms with van der Waals surface area (Å²) < 4.78 is 0. The van der Waals surface area contributed by atoms with Gasteiger partial charge in [-0.05, 0) is 30.4 Å². The van der Waals surface area contributed by atoms with Crippen LogP contribution in [0.2, 0.25) is 0 Å². The zero-order valence-corrected chi connectivity index (χ0v) is 20.7. The number of hydrogen-bond acceptors (Lipinski definition) is 6. The smallest absolute Gasteiger partial charge is 0.246 e. The molecule has 0 saturated carbocycles. The minimum Gasteiger partial charge on any atom is -0.391 e. The van der Waals surface area contributed by atoms with Crippen LogP contribution >= 0.6 is 11.3 Å². The van der Waals surface area contributed by atoms with E-state index in [1.807, 2.05) is 50.5 Å². The van der Waals surface area contributed by atoms with Crippen molar-refractivity contribution < 1.29 is 19.5 Å². The van der Waals surface area contributed by atoms with Crippen LogP contribution in [0.25, 0.3) is 10.4 Å². The van der Waals surface area contributed by atoms with Gasteiger partial charge in [0.1, 0.15) is 12.1 Å². The molecule has 0 spiro atoms. The lowest BCUT2D eigenvalue weighted by molar-refractivity contribution is -0.148. The van der Waals surface area contributed by atoms with E-state index >= 15 is 0 Å². The highest BCUT2D eigenvalue weighted by Gasteiger charge is 2.44. The number of benzene rings is 1. The fourth-order valence-electron chi connectivity index (χ4n) is 4.88. The normalized spacial score (nSPS) is 21.4. The first kappa shape index (κ1) is 24.3. The molecular weight excluding hydrogens is 452 g/mol. The van der Waals surface area contributed by atoms with E-state index in [9.17, 15) is 19.5 Å². The van der Waals surface area contributed by atoms with E-state index in [-0.39, 0.29) is 36.6 Å². The lowest BCUT2D eigenvalue weighted by atomic mass is 10.0. The first-order chi connectivity index (χ1) is 16.3. The Morgan fingerprint density at radius 1 is 1.26 bits per heavy atom. The topological polar surface area (TPSA) is 103 Å². The molecule has 0 bridgehead atoms. The molecule has 0 radical (unpaired) electrons. The van der Waals surface area contributed by atoms with Crippen molar-refractivity contribution in [2.45, 2.75) is 64.8 Å². The van der Waals surface area contributed by atoms with Gasteiger partial charge in [0.05, 0.1) is 22.2 Å². The second-order valence-corrected chi connectivity index (χ2v) is 10.3. The lowest BCUT2D eigenvalue weighted by Crippen LogP contribution is -2.55. The van der Waals surface area contributed by atoms with Crippen molar-refractivity contribution in [1.29, 1.82) is 0 Å². The monoisotopic (exact) mass is 484 g/mol. The predicted molar refractivity (Wildman–Crippen MR) is 130 cm³/mol. The van der Waals surface area contributed by atoms with E-state index < -0.39 is 18.2 Å². The maximum absolute atomic E-state index is 13.5. The van der Waals surface area contributed by atoms with Gasteiger partial charge in [0.2, 0.25) is 17.7 Å². The number of carbonyl (C=O) groups is 3. The third kappa shape index (κ3) is 5.00. The van der Waals surface area contributed by atoms with Gasteiger partial charge in [0.25, 0.3) is 0 Å². The number of nitrogens with one attached hydrogen (secondary N) is 1. The molecule has 0 aliphatic carbocycles. The van der Waals surface area contributed by atoms with E-state index in [1.165, 1.54) is 4.90 Å². The van der Waals surface area contributed by atoms with Crippen molar-refractivity contribution in [3.63, 3.8) is 0 Å². The predicted octanol–water partition coefficient (Wildman–Crippen LogP) is 2.34. The number of likely N-dealkylation sites (tertiary alicyclic amines) is 2. The lowest BCUT2D eigenvalue weighted by Gasteiger charge is -2.35. The summed E-state index contributed by atoms with van der Waals surface area (Å²) in [6, 6.07) is 6.60. The van der Waals surface area contributed by atoms with Crippen LogP contribution in [0.3, 0.4) is 0 Å². The van der Waals surface area contributed by atoms with Crippen molar-refractivity contribution >= 4 is 29.1 Å². The molecule has 2 N–H and O–H groups in total. The molecule has 3 heterocycles. The summed E-state index contributed by atoms with van der Waals surface area (Å²) in [4.78, 5) is 47.4. The summed E-state index contributed by atoms with van der Waals surface area (Å²) in [5, 5.41) is 13.2. The molecule has 2 aliphatic heterocycles. The second kappa shape index (κ2) is 10.2. The summed E-state index contributed by atoms with van der Waals surface area (Å²) in [6.45, 7) is 6.78. The second-order valence-electron chi connectivity index (χ2n) is 9.46. The van der Waals surface area contributed by atoms with Gasteiger partial charge < -0.3 is 20.2 Å². The third-order valence-corrected chi connectivity index (χ3v) is 7.60. The number of rotatable bonds is 7. The van der Waals surface area contributed by atoms with Gasteiger partial charge in [-0.3, -0.25) is 14.4 Å². The Bertz CT molecular complexity index is 1050. The van der Waals surface area contributed by atoms with Gasteiger partial charge in [-0.25, -0.2) is 4.98 Å². The average Bonchev–Trinajstić information content (AvgIpc) is 3.53. The van der Waals surface area contributed by atoms with Crippen LogP contribution in [0.1, 0.15) is 44.4 Å². The number of β-amino-alcohol motifs (C(OH)–C–C–N with tert-alkyl or cyclic N) is 1. The maximum Gasteiger partial charge on any atom is 0.246 e. The highest BCUT2D eigenvalue weighted by molar-refractivity contribution is 7.13. The quantitative estimate of drug-likeness (QED) is 0.628. The molecule has 3 atom stereocenters. The molecule has 3 amide bonds. The van der Waals surface area contributed by atoms with Gasteiger partial charge >= 0.3 is 0 Å². The summed E-state index contributed by atoms with van der Waals surface area (Å²) in [5.41, 5.74) is 4.84. The first-order valence-corrected chi connectivity index (χ1v) is 12.7. The van der Waals surface area contributed by atoms with Gasteiger partial charge in [-0.1, -0.05) is 38.1 Å². The molecule has 9 heteroatoms. The number of aliphatic hydroxyl groups excluding tert-OH is 1. The number of nitrogens with zero attached hydrogens (tertiary/aromatic N) is 3. The van der Waals surface area contributed by atoms with Crippen LogP contribution in [0, 0.1) is 12.8 Å². The molecule has 2 fully saturated rings. The molecule has 1 aromatic heterocycles. The summed E-state index contributed by atoms with van der Waals surface area (Å²) in [5.74, 6) is -0.657. The van der Waals surface area contributed by atoms with Crippen molar-refractivity contribution in [2.24, 2.45) is 5.92 Å². The number of aryl methyl sites for hydroxylation is 1. The van der Waals surface area contributed by atoms with Gasteiger partial charge in [-0.15, -0.1) is 11.3 Å². The zero-order valence-electron chi connectivity index (χ0n) is 19.9. The largest absolute Gasteiger partial charge is 0.391 e. The Morgan fingerprint density at radius 3 is 2.59 bits per heavy atom. The molecule has 2 saturated heterocycles. The number of thiazole rings is 1. The number of carbonyl (C=O) groups excluding carboxylic acids is 3. The SMILES string of the molecule is Cc1ncsc1-c1ccc(CNC(=O)[C@@H]2C[C@@H](O)CN2C(=O)[C@H](C(C)C)N2CCCC2=O)cc1. The summed E-state index contributed by atoms with van der Waals surface area (Å²) >= 11 is 1.59. The molecule has 4 rings (SSSR count). The maximum atomic E-state index is 13.5. The zero-order chi connectivity index (χ0) is 24.4. The van der Waals surface area contributed by atoms with Crippen molar-refractivity contribution in [2.75, 3.05) is 13.1 Å². The minimum absolute atomic E-state index is 0.0234. The third-order valence-electron chi connectivity index (χ3n) is 6.62. The molecule has 1 aromatic carbocycles. The Balaban J connectivity index is 1.42. The Hall–Kier alpha value is -2.78. The van der Waals surface area contributed by atoms with Crippen LogP contribution in [0.5, 0.6) is 0 Å². The Labute approximate surface area is 204 Å². The number of aromatic nitrogens is 1. The molecular formula is C25H32N4O4S. The number of hydrogen-bond donors (Lipinski definition) is 2. The fourth-order valence-corrected chi connectivity index (χ4v) is 5.69. The summed E-state index contributed by atoms with van der Waals surface area (Å²) in [7, 11) is 0. The van der Waals surface area contributed by atoms with E-state index in [0.29, 0.717) is 19.5 Å². The van der Waals surface area contributed by atoms with Crippen molar-refractivity contribution in [1.82, 2.24) is 20.1 Å². The fraction of sp³-hybridized carbons (Fsp3) is 0.520. The van der Waals surface area contributed by atoms with E-state index in [0.717, 1.165) is 28.1 Å². The van der Waals surface area contributed by atoms with Crippen LogP contribution in [0.15, 0.2) is 29.8 Å². The van der Waals surface area contributed by atoms with Crippen LogP contribution in [0.4, 0.5) is 0 Å². The standard InChI is InChI=1S/C25H32N4O4S/c1-15(2)22(28-10-4-5-21(28)31)25(33)29-13-19(30)11-20(29)24(32)26-12-17-6-8-18(9-7-17)23-16(3)27-14-34-23/h6-9,14-15,19-20,22,30H,4-5,10-13H2,1-3H3,(H,26,32)/t19-,20+,22+/m1/s1. The first-order valence-electron chi connectivity index (χ1n) is 11.8. The Morgan fingerprint density at radius 2 is 2.00 bits per heavy atom. The molecule has 182 valence electrons. The van der Waals surface area contributed by atoms with Crippen molar-refractivity contribution in [3.8, 4) is 10.4 Å². The molecule has 0 unspecified atom stereocenters. The van der Waals surface area contributed by atoms with E-state index in [4.69, 9.17) is 0 Å². The summed E-state index contributed by atoms with van der Waals surface area (Å²) in [6.07, 6.45) is 0.622. The molecule has 2 aromatic rings. The van der Waals surface area contributed by atoms with Gasteiger partial charge in [0.15, 0.2) is 0 Å². The van der Waals surface area contributed by atoms with E-state index in [2.05, 4.69) is 10.3 Å². The molecule has 8 nitrogen and oxygen atoms in total. The highest BCUT2D eigenvalue weighted by atomic mass is 32.1. The van der Waals surface area contributed by atoms with Gasteiger partial charge in [-0.2, -0.15) is 0 Å². The highest BCUT2D eigenvalue weighted by Crippen LogP contribution is 2.28. The van der Waals surface area contributed by atoms with Crippen LogP contribution < -0.4 is 5.32 Å². The van der Waals surface area contributed by atoms with E-state index in [1.54, 1.807) is 16.2 Å². The number of aliphatic hydroxyl groups is 1. The van der Waals surface area contributed by atoms with Crippen LogP contribution in [-0.2, 0) is 20.9 Å². The van der Waals surface area contributed by atoms with Crippen LogP contribution in [-0.4, -0.2) is 68.9 Å². The Kier molecular flexibility index (Phi) is 7.33.